The first kappa shape index (κ1) is 12.5. The summed E-state index contributed by atoms with van der Waals surface area (Å²) in [6, 6.07) is 9.41. The number of hydrogen-bond acceptors (Lipinski definition) is 3. The largest absolute Gasteiger partial charge is 0.496 e. The van der Waals surface area contributed by atoms with Crippen LogP contribution in [0.3, 0.4) is 0 Å². The molecule has 0 spiro atoms. The van der Waals surface area contributed by atoms with Gasteiger partial charge in [-0.25, -0.2) is 0 Å². The second-order valence-corrected chi connectivity index (χ2v) is 4.03. The van der Waals surface area contributed by atoms with Crippen molar-refractivity contribution in [2.45, 2.75) is 26.4 Å². The van der Waals surface area contributed by atoms with E-state index in [2.05, 4.69) is 6.07 Å². The molecule has 0 aliphatic heterocycles. The molecule has 1 N–H and O–H groups in total. The molecule has 2 atom stereocenters. The quantitative estimate of drug-likeness (QED) is 0.847. The van der Waals surface area contributed by atoms with E-state index in [1.807, 2.05) is 19.1 Å². The van der Waals surface area contributed by atoms with Crippen molar-refractivity contribution < 1.29 is 9.84 Å². The minimum Gasteiger partial charge on any atom is -0.496 e. The van der Waals surface area contributed by atoms with Gasteiger partial charge in [0.05, 0.1) is 18.6 Å². The van der Waals surface area contributed by atoms with Crippen molar-refractivity contribution in [1.29, 1.82) is 5.26 Å². The van der Waals surface area contributed by atoms with E-state index < -0.39 is 11.5 Å². The lowest BCUT2D eigenvalue weighted by molar-refractivity contribution is 0.0698. The normalized spacial score (nSPS) is 15.9. The summed E-state index contributed by atoms with van der Waals surface area (Å²) < 4.78 is 5.18. The Bertz CT molecular complexity index is 397. The molecule has 0 radical (unpaired) electrons. The van der Waals surface area contributed by atoms with E-state index in [0.717, 1.165) is 0 Å². The van der Waals surface area contributed by atoms with Crippen molar-refractivity contribution in [3.8, 4) is 11.8 Å². The zero-order chi connectivity index (χ0) is 12.2. The molecule has 1 aromatic rings. The van der Waals surface area contributed by atoms with Crippen molar-refractivity contribution >= 4 is 0 Å². The zero-order valence-corrected chi connectivity index (χ0v) is 9.90. The van der Waals surface area contributed by atoms with Crippen molar-refractivity contribution in [3.05, 3.63) is 29.8 Å². The highest BCUT2D eigenvalue weighted by atomic mass is 16.5. The van der Waals surface area contributed by atoms with Crippen LogP contribution in [0.15, 0.2) is 24.3 Å². The number of methoxy groups -OCH3 is 1. The van der Waals surface area contributed by atoms with Gasteiger partial charge in [-0.3, -0.25) is 0 Å². The lowest BCUT2D eigenvalue weighted by atomic mass is 9.79. The van der Waals surface area contributed by atoms with Gasteiger partial charge >= 0.3 is 0 Å². The maximum Gasteiger partial charge on any atom is 0.124 e. The molecular formula is C13H17NO2. The van der Waals surface area contributed by atoms with Crippen molar-refractivity contribution in [3.63, 3.8) is 0 Å². The van der Waals surface area contributed by atoms with Crippen LogP contribution in [-0.2, 0) is 0 Å². The van der Waals surface area contributed by atoms with Gasteiger partial charge in [-0.05, 0) is 19.4 Å². The summed E-state index contributed by atoms with van der Waals surface area (Å²) in [6.45, 7) is 3.64. The monoisotopic (exact) mass is 219 g/mol. The second kappa shape index (κ2) is 5.00. The summed E-state index contributed by atoms with van der Waals surface area (Å²) in [4.78, 5) is 0. The molecule has 0 fully saturated rings. The van der Waals surface area contributed by atoms with Gasteiger partial charge in [0.2, 0.25) is 0 Å². The van der Waals surface area contributed by atoms with Gasteiger partial charge in [-0.1, -0.05) is 25.1 Å². The summed E-state index contributed by atoms with van der Waals surface area (Å²) >= 11 is 0. The molecule has 3 nitrogen and oxygen atoms in total. The fourth-order valence-electron chi connectivity index (χ4n) is 1.57. The number of benzene rings is 1. The Kier molecular flexibility index (Phi) is 3.92. The van der Waals surface area contributed by atoms with Gasteiger partial charge in [0.1, 0.15) is 11.9 Å². The minimum atomic E-state index is -0.835. The Balaban J connectivity index is 3.14. The number of aliphatic hydroxyl groups is 1. The number of nitriles is 1. The van der Waals surface area contributed by atoms with E-state index in [1.165, 1.54) is 0 Å². The van der Waals surface area contributed by atoms with Crippen LogP contribution in [0.4, 0.5) is 0 Å². The lowest BCUT2D eigenvalue weighted by Crippen LogP contribution is -2.23. The molecular weight excluding hydrogens is 202 g/mol. The molecule has 3 heteroatoms. The highest BCUT2D eigenvalue weighted by molar-refractivity contribution is 5.36. The topological polar surface area (TPSA) is 53.2 Å². The highest BCUT2D eigenvalue weighted by Gasteiger charge is 2.34. The molecule has 0 heterocycles. The van der Waals surface area contributed by atoms with Crippen LogP contribution < -0.4 is 4.74 Å². The average molecular weight is 219 g/mol. The van der Waals surface area contributed by atoms with Gasteiger partial charge in [-0.15, -0.1) is 0 Å². The first-order valence-electron chi connectivity index (χ1n) is 5.31. The van der Waals surface area contributed by atoms with Crippen LogP contribution in [0.2, 0.25) is 0 Å². The predicted octanol–water partition coefficient (Wildman–Crippen LogP) is 2.67. The van der Waals surface area contributed by atoms with E-state index in [4.69, 9.17) is 10.00 Å². The van der Waals surface area contributed by atoms with E-state index in [-0.39, 0.29) is 0 Å². The zero-order valence-electron chi connectivity index (χ0n) is 9.90. The Morgan fingerprint density at radius 2 is 2.12 bits per heavy atom. The molecule has 0 aromatic heterocycles. The lowest BCUT2D eigenvalue weighted by Gasteiger charge is -2.27. The van der Waals surface area contributed by atoms with E-state index in [9.17, 15) is 5.11 Å². The van der Waals surface area contributed by atoms with E-state index in [1.54, 1.807) is 26.2 Å². The van der Waals surface area contributed by atoms with Gasteiger partial charge in [0.25, 0.3) is 0 Å². The van der Waals surface area contributed by atoms with Crippen LogP contribution in [-0.4, -0.2) is 12.2 Å². The van der Waals surface area contributed by atoms with Crippen LogP contribution in [0, 0.1) is 16.7 Å². The number of ether oxygens (including phenoxy) is 1. The third-order valence-corrected chi connectivity index (χ3v) is 3.03. The fraction of sp³-hybridized carbons (Fsp3) is 0.462. The number of para-hydroxylation sites is 1. The second-order valence-electron chi connectivity index (χ2n) is 4.03. The summed E-state index contributed by atoms with van der Waals surface area (Å²) in [5.74, 6) is 0.616. The van der Waals surface area contributed by atoms with E-state index >= 15 is 0 Å². The molecule has 1 rings (SSSR count). The van der Waals surface area contributed by atoms with Crippen LogP contribution in [0.25, 0.3) is 0 Å². The first-order valence-corrected chi connectivity index (χ1v) is 5.31. The number of hydrogen-bond donors (Lipinski definition) is 1. The maximum atomic E-state index is 10.2. The minimum absolute atomic E-state index is 0.586. The molecule has 0 saturated carbocycles. The highest BCUT2D eigenvalue weighted by Crippen LogP contribution is 2.39. The SMILES string of the molecule is CCC(C)(C#N)C(O)c1ccccc1OC. The Labute approximate surface area is 96.3 Å². The standard InChI is InChI=1S/C13H17NO2/c1-4-13(2,9-14)12(15)10-7-5-6-8-11(10)16-3/h5-8,12,15H,4H2,1-3H3. The van der Waals surface area contributed by atoms with Crippen LogP contribution >= 0.6 is 0 Å². The van der Waals surface area contributed by atoms with Crippen molar-refractivity contribution in [2.75, 3.05) is 7.11 Å². The van der Waals surface area contributed by atoms with E-state index in [0.29, 0.717) is 17.7 Å². The van der Waals surface area contributed by atoms with Crippen molar-refractivity contribution in [2.24, 2.45) is 5.41 Å². The maximum absolute atomic E-state index is 10.2. The summed E-state index contributed by atoms with van der Waals surface area (Å²) in [6.07, 6.45) is -0.249. The first-order chi connectivity index (χ1) is 7.59. The molecule has 16 heavy (non-hydrogen) atoms. The molecule has 0 amide bonds. The molecule has 86 valence electrons. The molecule has 0 aliphatic rings. The van der Waals surface area contributed by atoms with Crippen LogP contribution in [0.1, 0.15) is 31.9 Å². The Morgan fingerprint density at radius 1 is 1.50 bits per heavy atom. The van der Waals surface area contributed by atoms with Gasteiger partial charge in [0, 0.05) is 5.56 Å². The van der Waals surface area contributed by atoms with Crippen molar-refractivity contribution in [1.82, 2.24) is 0 Å². The predicted molar refractivity (Wildman–Crippen MR) is 62.0 cm³/mol. The van der Waals surface area contributed by atoms with Crippen LogP contribution in [0.5, 0.6) is 5.75 Å². The Morgan fingerprint density at radius 3 is 2.62 bits per heavy atom. The summed E-state index contributed by atoms with van der Waals surface area (Å²) in [7, 11) is 1.56. The van der Waals surface area contributed by atoms with Gasteiger partial charge in [0.15, 0.2) is 0 Å². The molecule has 2 unspecified atom stereocenters. The molecule has 0 saturated heterocycles. The number of nitrogens with zero attached hydrogens (tertiary/aromatic N) is 1. The molecule has 1 aromatic carbocycles. The number of rotatable bonds is 4. The fourth-order valence-corrected chi connectivity index (χ4v) is 1.57. The number of aliphatic hydroxyl groups excluding tert-OH is 1. The third kappa shape index (κ3) is 2.17. The summed E-state index contributed by atoms with van der Waals surface area (Å²) in [5, 5.41) is 19.4. The van der Waals surface area contributed by atoms with Gasteiger partial charge < -0.3 is 9.84 Å². The Hall–Kier alpha value is -1.53. The molecule has 0 aliphatic carbocycles. The smallest absolute Gasteiger partial charge is 0.124 e. The summed E-state index contributed by atoms with van der Waals surface area (Å²) in [5.41, 5.74) is -0.120. The average Bonchev–Trinajstić information content (AvgIpc) is 2.36. The third-order valence-electron chi connectivity index (χ3n) is 3.03. The van der Waals surface area contributed by atoms with Gasteiger partial charge in [-0.2, -0.15) is 5.26 Å². The molecule has 0 bridgehead atoms.